The molecule has 4 rings (SSSR count). The zero-order chi connectivity index (χ0) is 19.3. The fourth-order valence-corrected chi connectivity index (χ4v) is 3.41. The van der Waals surface area contributed by atoms with Crippen molar-refractivity contribution in [3.05, 3.63) is 118 Å². The number of fused-ring (bicyclic) bond motifs is 1. The maximum atomic E-state index is 12.5. The van der Waals surface area contributed by atoms with Gasteiger partial charge in [0.2, 0.25) is 0 Å². The molecule has 0 bridgehead atoms. The molecule has 28 heavy (non-hydrogen) atoms. The second kappa shape index (κ2) is 8.19. The van der Waals surface area contributed by atoms with Crippen LogP contribution in [0.4, 0.5) is 0 Å². The van der Waals surface area contributed by atoms with E-state index in [2.05, 4.69) is 53.4 Å². The van der Waals surface area contributed by atoms with Crippen molar-refractivity contribution in [1.82, 2.24) is 14.3 Å². The number of pyridine rings is 1. The highest BCUT2D eigenvalue weighted by Gasteiger charge is 2.11. The van der Waals surface area contributed by atoms with Crippen molar-refractivity contribution in [1.29, 1.82) is 0 Å². The van der Waals surface area contributed by atoms with Gasteiger partial charge in [0.1, 0.15) is 5.65 Å². The Balaban J connectivity index is 1.64. The van der Waals surface area contributed by atoms with E-state index in [1.807, 2.05) is 31.2 Å². The molecule has 0 spiro atoms. The lowest BCUT2D eigenvalue weighted by Crippen LogP contribution is -2.25. The summed E-state index contributed by atoms with van der Waals surface area (Å²) >= 11 is 0. The quantitative estimate of drug-likeness (QED) is 0.511. The maximum Gasteiger partial charge on any atom is 0.258 e. The Kier molecular flexibility index (Phi) is 5.31. The molecule has 2 aromatic heterocycles. The van der Waals surface area contributed by atoms with Crippen molar-refractivity contribution < 1.29 is 0 Å². The minimum Gasteiger partial charge on any atom is -0.289 e. The molecule has 0 atom stereocenters. The van der Waals surface area contributed by atoms with E-state index in [1.54, 1.807) is 16.7 Å². The third-order valence-corrected chi connectivity index (χ3v) is 4.76. The third-order valence-electron chi connectivity index (χ3n) is 4.76. The summed E-state index contributed by atoms with van der Waals surface area (Å²) in [6.45, 7) is 4.22. The molecule has 2 aromatic carbocycles. The molecule has 0 fully saturated rings. The molecule has 4 nitrogen and oxygen atoms in total. The first kappa shape index (κ1) is 18.1. The summed E-state index contributed by atoms with van der Waals surface area (Å²) in [4.78, 5) is 19.6. The lowest BCUT2D eigenvalue weighted by molar-refractivity contribution is 0.244. The predicted molar refractivity (Wildman–Crippen MR) is 112 cm³/mol. The van der Waals surface area contributed by atoms with E-state index in [4.69, 9.17) is 4.98 Å². The Morgan fingerprint density at radius 2 is 1.43 bits per heavy atom. The fraction of sp³-hybridized carbons (Fsp3) is 0.167. The molecular formula is C24H23N3O. The minimum atomic E-state index is -0.0422. The first-order valence-corrected chi connectivity index (χ1v) is 9.46. The monoisotopic (exact) mass is 369 g/mol. The third kappa shape index (κ3) is 4.35. The topological polar surface area (TPSA) is 37.6 Å². The summed E-state index contributed by atoms with van der Waals surface area (Å²) in [5.41, 5.74) is 5.02. The van der Waals surface area contributed by atoms with Crippen LogP contribution in [0.2, 0.25) is 0 Å². The van der Waals surface area contributed by atoms with Gasteiger partial charge in [-0.1, -0.05) is 60.7 Å². The van der Waals surface area contributed by atoms with Gasteiger partial charge >= 0.3 is 0 Å². The van der Waals surface area contributed by atoms with Crippen molar-refractivity contribution in [2.24, 2.45) is 0 Å². The minimum absolute atomic E-state index is 0.0422. The van der Waals surface area contributed by atoms with E-state index in [1.165, 1.54) is 11.1 Å². The van der Waals surface area contributed by atoms with E-state index in [9.17, 15) is 4.79 Å². The molecule has 0 aliphatic rings. The Labute approximate surface area is 164 Å². The summed E-state index contributed by atoms with van der Waals surface area (Å²) in [5, 5.41) is 0. The van der Waals surface area contributed by atoms with Crippen molar-refractivity contribution in [3.63, 3.8) is 0 Å². The second-order valence-electron chi connectivity index (χ2n) is 7.13. The maximum absolute atomic E-state index is 12.5. The van der Waals surface area contributed by atoms with Gasteiger partial charge in [0, 0.05) is 31.9 Å². The molecule has 0 unspecified atom stereocenters. The van der Waals surface area contributed by atoms with Crippen LogP contribution in [0.15, 0.2) is 89.9 Å². The Morgan fingerprint density at radius 3 is 2.04 bits per heavy atom. The van der Waals surface area contributed by atoms with Crippen LogP contribution in [-0.2, 0) is 19.6 Å². The lowest BCUT2D eigenvalue weighted by atomic mass is 10.1. The molecule has 0 saturated heterocycles. The average Bonchev–Trinajstić information content (AvgIpc) is 2.69. The molecule has 0 radical (unpaired) electrons. The Morgan fingerprint density at radius 1 is 0.821 bits per heavy atom. The van der Waals surface area contributed by atoms with Gasteiger partial charge in [-0.25, -0.2) is 4.98 Å². The molecule has 4 heteroatoms. The fourth-order valence-electron chi connectivity index (χ4n) is 3.41. The first-order valence-electron chi connectivity index (χ1n) is 9.46. The van der Waals surface area contributed by atoms with E-state index < -0.39 is 0 Å². The van der Waals surface area contributed by atoms with Gasteiger partial charge in [0.25, 0.3) is 5.56 Å². The molecule has 0 aliphatic heterocycles. The van der Waals surface area contributed by atoms with E-state index in [0.29, 0.717) is 12.2 Å². The number of benzene rings is 2. The smallest absolute Gasteiger partial charge is 0.258 e. The number of hydrogen-bond donors (Lipinski definition) is 0. The molecule has 0 saturated carbocycles. The second-order valence-corrected chi connectivity index (χ2v) is 7.13. The normalized spacial score (nSPS) is 11.2. The summed E-state index contributed by atoms with van der Waals surface area (Å²) in [6.07, 6.45) is 1.79. The Bertz CT molecular complexity index is 1080. The van der Waals surface area contributed by atoms with Crippen molar-refractivity contribution in [2.75, 3.05) is 0 Å². The number of hydrogen-bond acceptors (Lipinski definition) is 3. The van der Waals surface area contributed by atoms with E-state index in [-0.39, 0.29) is 5.56 Å². The van der Waals surface area contributed by atoms with Crippen molar-refractivity contribution >= 4 is 5.65 Å². The van der Waals surface area contributed by atoms with Gasteiger partial charge in [-0.3, -0.25) is 14.1 Å². The van der Waals surface area contributed by atoms with Gasteiger partial charge < -0.3 is 0 Å². The summed E-state index contributed by atoms with van der Waals surface area (Å²) in [5.74, 6) is 0. The van der Waals surface area contributed by atoms with Crippen LogP contribution in [0.25, 0.3) is 5.65 Å². The molecule has 0 aliphatic carbocycles. The summed E-state index contributed by atoms with van der Waals surface area (Å²) in [6, 6.07) is 26.3. The number of rotatable bonds is 6. The van der Waals surface area contributed by atoms with Gasteiger partial charge in [0.15, 0.2) is 0 Å². The van der Waals surface area contributed by atoms with Crippen LogP contribution < -0.4 is 5.56 Å². The lowest BCUT2D eigenvalue weighted by Gasteiger charge is -2.22. The van der Waals surface area contributed by atoms with Crippen molar-refractivity contribution in [3.8, 4) is 0 Å². The standard InChI is InChI=1S/C24H23N3O/c1-19-12-13-27-23(14-19)25-22(15-24(27)28)18-26(16-20-8-4-2-5-9-20)17-21-10-6-3-7-11-21/h2-15H,16-18H2,1H3. The highest BCUT2D eigenvalue weighted by atomic mass is 16.1. The van der Waals surface area contributed by atoms with Crippen LogP contribution in [0, 0.1) is 6.92 Å². The van der Waals surface area contributed by atoms with Crippen LogP contribution >= 0.6 is 0 Å². The van der Waals surface area contributed by atoms with E-state index >= 15 is 0 Å². The predicted octanol–water partition coefficient (Wildman–Crippen LogP) is 4.21. The SMILES string of the molecule is Cc1ccn2c(=O)cc(CN(Cc3ccccc3)Cc3ccccc3)nc2c1. The van der Waals surface area contributed by atoms with Crippen molar-refractivity contribution in [2.45, 2.75) is 26.6 Å². The van der Waals surface area contributed by atoms with E-state index in [0.717, 1.165) is 24.3 Å². The van der Waals surface area contributed by atoms with Crippen LogP contribution in [0.3, 0.4) is 0 Å². The van der Waals surface area contributed by atoms with Crippen LogP contribution in [-0.4, -0.2) is 14.3 Å². The van der Waals surface area contributed by atoms with Crippen LogP contribution in [0.5, 0.6) is 0 Å². The van der Waals surface area contributed by atoms with Gasteiger partial charge in [-0.2, -0.15) is 0 Å². The molecular weight excluding hydrogens is 346 g/mol. The number of nitrogens with zero attached hydrogens (tertiary/aromatic N) is 3. The summed E-state index contributed by atoms with van der Waals surface area (Å²) < 4.78 is 1.59. The molecule has 0 N–H and O–H groups in total. The molecule has 4 aromatic rings. The van der Waals surface area contributed by atoms with Gasteiger partial charge in [-0.05, 0) is 35.7 Å². The van der Waals surface area contributed by atoms with Crippen LogP contribution in [0.1, 0.15) is 22.4 Å². The number of aryl methyl sites for hydroxylation is 1. The molecule has 0 amide bonds. The zero-order valence-electron chi connectivity index (χ0n) is 16.0. The highest BCUT2D eigenvalue weighted by Crippen LogP contribution is 2.13. The van der Waals surface area contributed by atoms with Gasteiger partial charge in [-0.15, -0.1) is 0 Å². The highest BCUT2D eigenvalue weighted by molar-refractivity contribution is 5.41. The zero-order valence-corrected chi connectivity index (χ0v) is 16.0. The molecule has 140 valence electrons. The summed E-state index contributed by atoms with van der Waals surface area (Å²) in [7, 11) is 0. The molecule has 2 heterocycles. The number of aromatic nitrogens is 2. The first-order chi connectivity index (χ1) is 13.7. The largest absolute Gasteiger partial charge is 0.289 e. The van der Waals surface area contributed by atoms with Gasteiger partial charge in [0.05, 0.1) is 5.69 Å². The average molecular weight is 369 g/mol. The Hall–Kier alpha value is -3.24.